The minimum atomic E-state index is -1.12. The summed E-state index contributed by atoms with van der Waals surface area (Å²) in [7, 11) is 0. The second kappa shape index (κ2) is 6.58. The standard InChI is InChI=1S/C9H16N6O4/c1-9(2)18-7(5(16)3-12-14-10)8(19-9)6(17)4-13-15-11/h5-8,16-17H,3-4H2,1-2H3/t5-,6-,7-,8-/m1/s1. The van der Waals surface area contributed by atoms with Crippen LogP contribution >= 0.6 is 0 Å². The Morgan fingerprint density at radius 2 is 1.42 bits per heavy atom. The second-order valence-corrected chi connectivity index (χ2v) is 4.53. The zero-order valence-electron chi connectivity index (χ0n) is 10.6. The lowest BCUT2D eigenvalue weighted by molar-refractivity contribution is -0.159. The van der Waals surface area contributed by atoms with Crippen LogP contribution < -0.4 is 0 Å². The van der Waals surface area contributed by atoms with E-state index in [-0.39, 0.29) is 13.1 Å². The van der Waals surface area contributed by atoms with Gasteiger partial charge < -0.3 is 19.7 Å². The molecule has 0 aromatic heterocycles. The van der Waals surface area contributed by atoms with E-state index >= 15 is 0 Å². The molecule has 106 valence electrons. The molecule has 4 atom stereocenters. The van der Waals surface area contributed by atoms with Crippen LogP contribution in [0.5, 0.6) is 0 Å². The van der Waals surface area contributed by atoms with Crippen molar-refractivity contribution in [1.82, 2.24) is 0 Å². The number of aliphatic hydroxyl groups excluding tert-OH is 2. The lowest BCUT2D eigenvalue weighted by Crippen LogP contribution is -2.44. The highest BCUT2D eigenvalue weighted by Gasteiger charge is 2.47. The van der Waals surface area contributed by atoms with Crippen LogP contribution in [0, 0.1) is 0 Å². The predicted molar refractivity (Wildman–Crippen MR) is 63.9 cm³/mol. The molecule has 0 radical (unpaired) electrons. The Labute approximate surface area is 109 Å². The maximum atomic E-state index is 9.87. The number of aliphatic hydroxyl groups is 2. The highest BCUT2D eigenvalue weighted by Crippen LogP contribution is 2.32. The first-order valence-corrected chi connectivity index (χ1v) is 5.65. The number of hydrogen-bond acceptors (Lipinski definition) is 6. The van der Waals surface area contributed by atoms with Crippen molar-refractivity contribution >= 4 is 0 Å². The smallest absolute Gasteiger partial charge is 0.164 e. The predicted octanol–water partition coefficient (Wildman–Crippen LogP) is 0.849. The summed E-state index contributed by atoms with van der Waals surface area (Å²) in [4.78, 5) is 5.08. The zero-order valence-corrected chi connectivity index (χ0v) is 10.6. The molecule has 0 aliphatic carbocycles. The average molecular weight is 272 g/mol. The maximum Gasteiger partial charge on any atom is 0.164 e. The molecule has 0 amide bonds. The molecule has 2 N–H and O–H groups in total. The summed E-state index contributed by atoms with van der Waals surface area (Å²) >= 11 is 0. The van der Waals surface area contributed by atoms with Gasteiger partial charge in [0.25, 0.3) is 0 Å². The highest BCUT2D eigenvalue weighted by molar-refractivity contribution is 4.92. The van der Waals surface area contributed by atoms with Crippen LogP contribution in [0.3, 0.4) is 0 Å². The molecule has 10 heteroatoms. The van der Waals surface area contributed by atoms with Crippen molar-refractivity contribution in [3.8, 4) is 0 Å². The Morgan fingerprint density at radius 1 is 1.05 bits per heavy atom. The Morgan fingerprint density at radius 3 is 1.74 bits per heavy atom. The fourth-order valence-corrected chi connectivity index (χ4v) is 1.86. The van der Waals surface area contributed by atoms with Crippen LogP contribution in [0.4, 0.5) is 0 Å². The van der Waals surface area contributed by atoms with E-state index < -0.39 is 30.2 Å². The molecule has 1 aliphatic heterocycles. The zero-order chi connectivity index (χ0) is 14.5. The Bertz CT molecular complexity index is 368. The van der Waals surface area contributed by atoms with Gasteiger partial charge in [-0.25, -0.2) is 0 Å². The number of ether oxygens (including phenoxy) is 2. The number of nitrogens with zero attached hydrogens (tertiary/aromatic N) is 6. The van der Waals surface area contributed by atoms with Crippen molar-refractivity contribution < 1.29 is 19.7 Å². The molecule has 1 saturated heterocycles. The molecule has 0 unspecified atom stereocenters. The fraction of sp³-hybridized carbons (Fsp3) is 1.00. The van der Waals surface area contributed by atoms with Gasteiger partial charge in [-0.15, -0.1) is 0 Å². The molecule has 0 saturated carbocycles. The monoisotopic (exact) mass is 272 g/mol. The minimum absolute atomic E-state index is 0.203. The van der Waals surface area contributed by atoms with E-state index in [9.17, 15) is 10.2 Å². The Balaban J connectivity index is 2.79. The van der Waals surface area contributed by atoms with Crippen LogP contribution in [-0.4, -0.2) is 53.5 Å². The van der Waals surface area contributed by atoms with Crippen LogP contribution in [-0.2, 0) is 9.47 Å². The molecular formula is C9H16N6O4. The Kier molecular flexibility index (Phi) is 5.37. The van der Waals surface area contributed by atoms with Crippen LogP contribution in [0.25, 0.3) is 20.9 Å². The van der Waals surface area contributed by atoms with Crippen molar-refractivity contribution in [2.24, 2.45) is 10.2 Å². The van der Waals surface area contributed by atoms with E-state index in [1.807, 2.05) is 0 Å². The number of rotatable bonds is 6. The van der Waals surface area contributed by atoms with Gasteiger partial charge in [0, 0.05) is 9.82 Å². The molecule has 0 bridgehead atoms. The van der Waals surface area contributed by atoms with Gasteiger partial charge in [-0.05, 0) is 24.9 Å². The molecule has 1 heterocycles. The number of azide groups is 2. The summed E-state index contributed by atoms with van der Waals surface area (Å²) < 4.78 is 10.9. The van der Waals surface area contributed by atoms with Gasteiger partial charge in [-0.1, -0.05) is 10.2 Å². The van der Waals surface area contributed by atoms with Crippen LogP contribution in [0.1, 0.15) is 13.8 Å². The van der Waals surface area contributed by atoms with Gasteiger partial charge in [0.1, 0.15) is 12.2 Å². The Hall–Kier alpha value is -1.54. The lowest BCUT2D eigenvalue weighted by Gasteiger charge is -2.23. The van der Waals surface area contributed by atoms with E-state index in [2.05, 4.69) is 20.1 Å². The van der Waals surface area contributed by atoms with E-state index in [0.717, 1.165) is 0 Å². The summed E-state index contributed by atoms with van der Waals surface area (Å²) in [6.07, 6.45) is -3.99. The molecule has 0 aromatic rings. The first-order chi connectivity index (χ1) is 8.91. The van der Waals surface area contributed by atoms with Gasteiger partial charge in [0.2, 0.25) is 0 Å². The summed E-state index contributed by atoms with van der Waals surface area (Å²) in [5.41, 5.74) is 16.4. The van der Waals surface area contributed by atoms with Crippen molar-refractivity contribution in [3.05, 3.63) is 20.9 Å². The largest absolute Gasteiger partial charge is 0.390 e. The van der Waals surface area contributed by atoms with E-state index in [1.54, 1.807) is 13.8 Å². The van der Waals surface area contributed by atoms with Gasteiger partial charge >= 0.3 is 0 Å². The molecule has 19 heavy (non-hydrogen) atoms. The second-order valence-electron chi connectivity index (χ2n) is 4.53. The van der Waals surface area contributed by atoms with Crippen molar-refractivity contribution in [1.29, 1.82) is 0 Å². The van der Waals surface area contributed by atoms with Crippen molar-refractivity contribution in [3.63, 3.8) is 0 Å². The average Bonchev–Trinajstić information content (AvgIpc) is 2.69. The molecule has 1 rings (SSSR count). The van der Waals surface area contributed by atoms with Crippen molar-refractivity contribution in [2.75, 3.05) is 13.1 Å². The summed E-state index contributed by atoms with van der Waals surface area (Å²) in [5, 5.41) is 26.2. The molecule has 1 aliphatic rings. The molecular weight excluding hydrogens is 256 g/mol. The third-order valence-electron chi connectivity index (χ3n) is 2.59. The topological polar surface area (TPSA) is 156 Å². The highest BCUT2D eigenvalue weighted by atomic mass is 16.8. The summed E-state index contributed by atoms with van der Waals surface area (Å²) in [6, 6.07) is 0. The van der Waals surface area contributed by atoms with E-state index in [1.165, 1.54) is 0 Å². The molecule has 10 nitrogen and oxygen atoms in total. The molecule has 1 fully saturated rings. The normalized spacial score (nSPS) is 28.0. The third kappa shape index (κ3) is 4.25. The van der Waals surface area contributed by atoms with Crippen molar-refractivity contribution in [2.45, 2.75) is 44.1 Å². The lowest BCUT2D eigenvalue weighted by atomic mass is 10.0. The van der Waals surface area contributed by atoms with Crippen LogP contribution in [0.15, 0.2) is 10.2 Å². The summed E-state index contributed by atoms with van der Waals surface area (Å²) in [6.45, 7) is 2.85. The van der Waals surface area contributed by atoms with E-state index in [0.29, 0.717) is 0 Å². The van der Waals surface area contributed by atoms with Gasteiger partial charge in [-0.2, -0.15) is 0 Å². The number of hydrogen-bond donors (Lipinski definition) is 2. The van der Waals surface area contributed by atoms with E-state index in [4.69, 9.17) is 20.5 Å². The fourth-order valence-electron chi connectivity index (χ4n) is 1.86. The minimum Gasteiger partial charge on any atom is -0.390 e. The third-order valence-corrected chi connectivity index (χ3v) is 2.59. The molecule has 0 spiro atoms. The first-order valence-electron chi connectivity index (χ1n) is 5.65. The van der Waals surface area contributed by atoms with Gasteiger partial charge in [0.05, 0.1) is 25.3 Å². The van der Waals surface area contributed by atoms with Gasteiger partial charge in [-0.3, -0.25) is 0 Å². The maximum absolute atomic E-state index is 9.87. The summed E-state index contributed by atoms with van der Waals surface area (Å²) in [5.74, 6) is -0.996. The first kappa shape index (κ1) is 15.5. The SMILES string of the molecule is CC1(C)O[C@H]([C@H](O)CN=[N+]=[N-])[C@@H]([C@H](O)CN=[N+]=[N-])O1. The quantitative estimate of drug-likeness (QED) is 0.417. The molecule has 0 aromatic carbocycles. The van der Waals surface area contributed by atoms with Gasteiger partial charge in [0.15, 0.2) is 5.79 Å². The van der Waals surface area contributed by atoms with Crippen LogP contribution in [0.2, 0.25) is 0 Å².